The normalized spacial score (nSPS) is 19.3. The number of thiazole rings is 1. The summed E-state index contributed by atoms with van der Waals surface area (Å²) in [5, 5.41) is 6.95. The highest BCUT2D eigenvalue weighted by Crippen LogP contribution is 2.25. The summed E-state index contributed by atoms with van der Waals surface area (Å²) in [7, 11) is 0. The van der Waals surface area contributed by atoms with Crippen molar-refractivity contribution in [1.29, 1.82) is 0 Å². The molecule has 2 nitrogen and oxygen atoms in total. The van der Waals surface area contributed by atoms with Crippen LogP contribution in [0, 0.1) is 6.92 Å². The van der Waals surface area contributed by atoms with E-state index in [1.54, 1.807) is 11.3 Å². The molecule has 1 atom stereocenters. The van der Waals surface area contributed by atoms with Crippen LogP contribution in [0.2, 0.25) is 0 Å². The van der Waals surface area contributed by atoms with E-state index in [0.717, 1.165) is 13.0 Å². The summed E-state index contributed by atoms with van der Waals surface area (Å²) in [6.07, 6.45) is 3.46. The van der Waals surface area contributed by atoms with Gasteiger partial charge in [0.1, 0.15) is 0 Å². The van der Waals surface area contributed by atoms with Crippen LogP contribution >= 0.6 is 11.3 Å². The van der Waals surface area contributed by atoms with Crippen LogP contribution in [0.3, 0.4) is 0 Å². The summed E-state index contributed by atoms with van der Waals surface area (Å²) in [4.78, 5) is 4.77. The molecule has 1 N–H and O–H groups in total. The molecule has 1 aromatic carbocycles. The van der Waals surface area contributed by atoms with Crippen LogP contribution in [0.1, 0.15) is 40.7 Å². The standard InChI is InChI=1S/C15H18N2S/c1-11-4-2-5-12(8-11)9-15-17-14(10-18-15)13-6-3-7-16-13/h2,4-5,8,10,13,16H,3,6-7,9H2,1H3. The first-order valence-corrected chi connectivity index (χ1v) is 7.42. The number of nitrogens with zero attached hydrogens (tertiary/aromatic N) is 1. The highest BCUT2D eigenvalue weighted by molar-refractivity contribution is 7.09. The van der Waals surface area contributed by atoms with Crippen molar-refractivity contribution in [1.82, 2.24) is 10.3 Å². The quantitative estimate of drug-likeness (QED) is 0.912. The number of hydrogen-bond donors (Lipinski definition) is 1. The Balaban J connectivity index is 1.73. The maximum atomic E-state index is 4.77. The molecule has 3 heteroatoms. The predicted octanol–water partition coefficient (Wildman–Crippen LogP) is 3.47. The van der Waals surface area contributed by atoms with Gasteiger partial charge < -0.3 is 5.32 Å². The van der Waals surface area contributed by atoms with Gasteiger partial charge in [-0.05, 0) is 31.9 Å². The Kier molecular flexibility index (Phi) is 3.43. The Labute approximate surface area is 112 Å². The SMILES string of the molecule is Cc1cccc(Cc2nc(C3CCCN3)cs2)c1. The fraction of sp³-hybridized carbons (Fsp3) is 0.400. The lowest BCUT2D eigenvalue weighted by Gasteiger charge is -2.05. The van der Waals surface area contributed by atoms with Crippen molar-refractivity contribution >= 4 is 11.3 Å². The largest absolute Gasteiger partial charge is 0.309 e. The van der Waals surface area contributed by atoms with Crippen LogP contribution in [0.5, 0.6) is 0 Å². The average Bonchev–Trinajstić information content (AvgIpc) is 2.98. The third-order valence-corrected chi connectivity index (χ3v) is 4.29. The molecule has 1 aromatic heterocycles. The number of aryl methyl sites for hydroxylation is 1. The minimum atomic E-state index is 0.493. The number of nitrogens with one attached hydrogen (secondary N) is 1. The summed E-state index contributed by atoms with van der Waals surface area (Å²) in [5.41, 5.74) is 3.91. The van der Waals surface area contributed by atoms with Crippen LogP contribution in [-0.2, 0) is 6.42 Å². The topological polar surface area (TPSA) is 24.9 Å². The third kappa shape index (κ3) is 2.62. The van der Waals surface area contributed by atoms with E-state index in [2.05, 4.69) is 41.9 Å². The number of rotatable bonds is 3. The molecule has 0 saturated carbocycles. The van der Waals surface area contributed by atoms with Gasteiger partial charge in [-0.15, -0.1) is 11.3 Å². The zero-order valence-corrected chi connectivity index (χ0v) is 11.5. The predicted molar refractivity (Wildman–Crippen MR) is 76.1 cm³/mol. The molecule has 1 aliphatic heterocycles. The first-order valence-electron chi connectivity index (χ1n) is 6.54. The summed E-state index contributed by atoms with van der Waals surface area (Å²) in [5.74, 6) is 0. The Bertz CT molecular complexity index is 527. The van der Waals surface area contributed by atoms with E-state index in [1.165, 1.54) is 34.7 Å². The van der Waals surface area contributed by atoms with Gasteiger partial charge in [0.15, 0.2) is 0 Å². The Morgan fingerprint density at radius 1 is 1.44 bits per heavy atom. The second-order valence-corrected chi connectivity index (χ2v) is 5.92. The Morgan fingerprint density at radius 2 is 2.39 bits per heavy atom. The zero-order valence-electron chi connectivity index (χ0n) is 10.6. The molecule has 0 bridgehead atoms. The van der Waals surface area contributed by atoms with E-state index in [1.807, 2.05) is 0 Å². The molecule has 2 heterocycles. The van der Waals surface area contributed by atoms with Gasteiger partial charge in [-0.1, -0.05) is 29.8 Å². The highest BCUT2D eigenvalue weighted by atomic mass is 32.1. The number of aromatic nitrogens is 1. The molecule has 94 valence electrons. The van der Waals surface area contributed by atoms with Crippen LogP contribution in [0.25, 0.3) is 0 Å². The maximum absolute atomic E-state index is 4.77. The van der Waals surface area contributed by atoms with Gasteiger partial charge in [-0.25, -0.2) is 4.98 Å². The van der Waals surface area contributed by atoms with Crippen LogP contribution < -0.4 is 5.32 Å². The second-order valence-electron chi connectivity index (χ2n) is 4.98. The van der Waals surface area contributed by atoms with Crippen molar-refractivity contribution in [2.45, 2.75) is 32.2 Å². The molecule has 0 aliphatic carbocycles. The fourth-order valence-electron chi connectivity index (χ4n) is 2.50. The van der Waals surface area contributed by atoms with E-state index < -0.39 is 0 Å². The molecule has 0 spiro atoms. The smallest absolute Gasteiger partial charge is 0.0972 e. The van der Waals surface area contributed by atoms with Crippen molar-refractivity contribution in [3.8, 4) is 0 Å². The summed E-state index contributed by atoms with van der Waals surface area (Å²) < 4.78 is 0. The molecule has 1 saturated heterocycles. The van der Waals surface area contributed by atoms with Gasteiger partial charge in [0.2, 0.25) is 0 Å². The molecule has 18 heavy (non-hydrogen) atoms. The highest BCUT2D eigenvalue weighted by Gasteiger charge is 2.18. The molecule has 2 aromatic rings. The lowest BCUT2D eigenvalue weighted by Crippen LogP contribution is -2.13. The van der Waals surface area contributed by atoms with E-state index >= 15 is 0 Å². The van der Waals surface area contributed by atoms with Crippen molar-refractivity contribution in [2.75, 3.05) is 6.54 Å². The first kappa shape index (κ1) is 11.9. The summed E-state index contributed by atoms with van der Waals surface area (Å²) >= 11 is 1.79. The van der Waals surface area contributed by atoms with Crippen LogP contribution in [-0.4, -0.2) is 11.5 Å². The molecule has 1 fully saturated rings. The zero-order chi connectivity index (χ0) is 12.4. The van der Waals surface area contributed by atoms with Gasteiger partial charge in [0.25, 0.3) is 0 Å². The van der Waals surface area contributed by atoms with Gasteiger partial charge in [0.05, 0.1) is 16.7 Å². The second kappa shape index (κ2) is 5.21. The summed E-state index contributed by atoms with van der Waals surface area (Å²) in [6.45, 7) is 3.27. The molecule has 0 amide bonds. The molecule has 1 aliphatic rings. The minimum Gasteiger partial charge on any atom is -0.309 e. The summed E-state index contributed by atoms with van der Waals surface area (Å²) in [6, 6.07) is 9.18. The first-order chi connectivity index (χ1) is 8.81. The minimum absolute atomic E-state index is 0.493. The van der Waals surface area contributed by atoms with E-state index in [4.69, 9.17) is 4.98 Å². The van der Waals surface area contributed by atoms with Crippen LogP contribution in [0.4, 0.5) is 0 Å². The van der Waals surface area contributed by atoms with Crippen molar-refractivity contribution < 1.29 is 0 Å². The molecule has 1 unspecified atom stereocenters. The average molecular weight is 258 g/mol. The maximum Gasteiger partial charge on any atom is 0.0972 e. The molecule has 3 rings (SSSR count). The molecule has 0 radical (unpaired) electrons. The Morgan fingerprint density at radius 3 is 3.17 bits per heavy atom. The van der Waals surface area contributed by atoms with Gasteiger partial charge in [-0.2, -0.15) is 0 Å². The van der Waals surface area contributed by atoms with Gasteiger partial charge in [-0.3, -0.25) is 0 Å². The van der Waals surface area contributed by atoms with E-state index in [-0.39, 0.29) is 0 Å². The van der Waals surface area contributed by atoms with E-state index in [9.17, 15) is 0 Å². The monoisotopic (exact) mass is 258 g/mol. The van der Waals surface area contributed by atoms with Gasteiger partial charge >= 0.3 is 0 Å². The van der Waals surface area contributed by atoms with Gasteiger partial charge in [0, 0.05) is 11.8 Å². The molecular weight excluding hydrogens is 240 g/mol. The van der Waals surface area contributed by atoms with Crippen molar-refractivity contribution in [2.24, 2.45) is 0 Å². The lowest BCUT2D eigenvalue weighted by atomic mass is 10.1. The lowest BCUT2D eigenvalue weighted by molar-refractivity contribution is 0.630. The van der Waals surface area contributed by atoms with Crippen LogP contribution in [0.15, 0.2) is 29.6 Å². The number of hydrogen-bond acceptors (Lipinski definition) is 3. The fourth-order valence-corrected chi connectivity index (χ4v) is 3.38. The molecular formula is C15H18N2S. The number of benzene rings is 1. The van der Waals surface area contributed by atoms with Crippen molar-refractivity contribution in [3.63, 3.8) is 0 Å². The van der Waals surface area contributed by atoms with Crippen molar-refractivity contribution in [3.05, 3.63) is 51.5 Å². The van der Waals surface area contributed by atoms with E-state index in [0.29, 0.717) is 6.04 Å². The Hall–Kier alpha value is -1.19. The third-order valence-electron chi connectivity index (χ3n) is 3.42.